The highest BCUT2D eigenvalue weighted by atomic mass is 127. The fourth-order valence-electron chi connectivity index (χ4n) is 15.0. The first kappa shape index (κ1) is 82.2. The topological polar surface area (TPSA) is 464 Å². The lowest BCUT2D eigenvalue weighted by Gasteiger charge is -2.32. The number of nitrogens with zero attached hydrogens (tertiary/aromatic N) is 21. The van der Waals surface area contributed by atoms with Crippen LogP contribution >= 0.6 is 22.6 Å². The summed E-state index contributed by atoms with van der Waals surface area (Å²) in [5, 5.41) is 57.3. The molecule has 0 bridgehead atoms. The van der Waals surface area contributed by atoms with Crippen LogP contribution in [-0.4, -0.2) is 209 Å². The largest absolute Gasteiger partial charge is 0.498 e. The number of carbonyl (C=O) groups excluding carboxylic acids is 3. The molecule has 9 aromatic heterocycles. The Balaban J connectivity index is 0.000000125. The number of ether oxygens (including phenoxy) is 4. The summed E-state index contributed by atoms with van der Waals surface area (Å²) in [6.07, 6.45) is 29.7. The van der Waals surface area contributed by atoms with Crippen molar-refractivity contribution in [2.24, 2.45) is 35.0 Å². The second-order valence-corrected chi connectivity index (χ2v) is 32.5. The molecule has 3 aliphatic carbocycles. The van der Waals surface area contributed by atoms with Gasteiger partial charge in [0.05, 0.1) is 98.7 Å². The van der Waals surface area contributed by atoms with Crippen LogP contribution in [0.4, 0.5) is 17.8 Å². The van der Waals surface area contributed by atoms with E-state index in [1.807, 2.05) is 107 Å². The van der Waals surface area contributed by atoms with Gasteiger partial charge in [0.25, 0.3) is 0 Å². The molecule has 3 saturated heterocycles. The van der Waals surface area contributed by atoms with Crippen LogP contribution in [0.15, 0.2) is 129 Å². The number of hydrogen-bond donors (Lipinski definition) is 7. The number of nitrogens with one attached hydrogen (secondary N) is 3. The number of amides is 3. The summed E-state index contributed by atoms with van der Waals surface area (Å²) in [5.41, 5.74) is 26.8. The van der Waals surface area contributed by atoms with Gasteiger partial charge in [-0.2, -0.15) is 44.3 Å². The standard InChI is InChI=1S/C26H31N9O3.C21H23N9O2.C16H27BN2O4.C16H16IN7O/c27-24(36)18-4-7-20(13-18)30-26-28-15-22-25(31-26)35(33-32-22)21-8-5-17(6-9-21)19-14-29-34(16-19)10-12-38-23-3-1-2-11-37-23;22-19(32)14-1-4-16(9-14)25-21-23-11-18-20(26-21)30(28-27-18)17-5-2-13(3-6-17)15-10-24-29(12-15)7-8-31;1-15(2)16(3,4)23-17(22-15)13-11-18-19(12-13)8-10-21-14-7-5-6-9-20-14;17-10-2-5-12(6-3-10)24-15-13(22-23-24)8-19-16(21-15)20-11-4-1-9(7-11)14(18)25/h5-6,8-9,14-16,18,20,23H,1-4,7,10-13H2,(H2,27,36)(H,28,30,31);2-3,5-6,10-12,14,16,31H,1,4,7-9H2,(H2,22,32)(H,23,25,26);11-12,14H,5-10H2,1-4H3;2-3,5-6,8-9,11H,1,4,7H2,(H2,18,25)(H,19,20,21)/t18-,20-,23?;14-,16-;;9-,11-/m11.1/s1. The van der Waals surface area contributed by atoms with E-state index in [-0.39, 0.29) is 91.1 Å². The van der Waals surface area contributed by atoms with Gasteiger partial charge in [0, 0.05) is 94.0 Å². The van der Waals surface area contributed by atoms with Crippen LogP contribution in [0.5, 0.6) is 0 Å². The van der Waals surface area contributed by atoms with E-state index < -0.39 is 0 Å². The van der Waals surface area contributed by atoms with Crippen molar-refractivity contribution in [3.05, 3.63) is 132 Å². The van der Waals surface area contributed by atoms with Gasteiger partial charge in [0.1, 0.15) is 0 Å². The molecule has 3 saturated carbocycles. The molecule has 3 aromatic carbocycles. The molecule has 3 aliphatic heterocycles. The number of aliphatic hydroxyl groups is 1. The first-order valence-electron chi connectivity index (χ1n) is 40.1. The summed E-state index contributed by atoms with van der Waals surface area (Å²) in [6.45, 7) is 12.8. The Kier molecular flexibility index (Phi) is 26.0. The highest BCUT2D eigenvalue weighted by molar-refractivity contribution is 14.1. The van der Waals surface area contributed by atoms with E-state index in [4.69, 9.17) is 50.6 Å². The van der Waals surface area contributed by atoms with Crippen LogP contribution in [0.2, 0.25) is 0 Å². The third-order valence-electron chi connectivity index (χ3n) is 22.3. The van der Waals surface area contributed by atoms with E-state index in [0.717, 1.165) is 132 Å². The molecule has 2 unspecified atom stereocenters. The quantitative estimate of drug-likeness (QED) is 0.0216. The van der Waals surface area contributed by atoms with Crippen LogP contribution in [0.3, 0.4) is 0 Å². The second kappa shape index (κ2) is 37.3. The SMILES string of the molecule is CC1(C)OB(c2cnn(CCOC3CCCCO3)c2)OC1(C)C.NC(=O)[C@@H]1CC[C@@H](Nc2ncc3nnn(-c4ccc(-c5cnn(CCO)c5)cc4)c3n2)C1.NC(=O)[C@@H]1CC[C@@H](Nc2ncc3nnn(-c4ccc(-c5cnn(CCOC6CCCCO6)c5)cc4)c3n2)C1.NC(=O)[C@@H]1CC[C@@H](Nc2ncc3nnn(-c4ccc(I)cc4)c3n2)C1. The van der Waals surface area contributed by atoms with E-state index >= 15 is 0 Å². The first-order chi connectivity index (χ1) is 57.2. The molecule has 18 rings (SSSR count). The molecule has 118 heavy (non-hydrogen) atoms. The number of aliphatic hydroxyl groups excluding tert-OH is 1. The number of halogens is 1. The fourth-order valence-corrected chi connectivity index (χ4v) is 15.3. The molecule has 10 N–H and O–H groups in total. The maximum Gasteiger partial charge on any atom is 0.498 e. The lowest BCUT2D eigenvalue weighted by molar-refractivity contribution is -0.164. The molecule has 8 atom stereocenters. The maximum absolute atomic E-state index is 11.5. The molecule has 37 nitrogen and oxygen atoms in total. The molecule has 39 heteroatoms. The zero-order valence-corrected chi connectivity index (χ0v) is 68.4. The number of fused-ring (bicyclic) bond motifs is 3. The molecule has 12 heterocycles. The monoisotopic (exact) mass is 1720 g/mol. The van der Waals surface area contributed by atoms with Crippen molar-refractivity contribution in [3.8, 4) is 39.3 Å². The Bertz CT molecular complexity index is 5360. The molecular weight excluding hydrogens is 1620 g/mol. The molecule has 618 valence electrons. The van der Waals surface area contributed by atoms with Gasteiger partial charge in [-0.1, -0.05) is 39.9 Å². The lowest BCUT2D eigenvalue weighted by Crippen LogP contribution is -2.41. The van der Waals surface area contributed by atoms with Crippen LogP contribution in [0.25, 0.3) is 72.8 Å². The third-order valence-corrected chi connectivity index (χ3v) is 23.1. The van der Waals surface area contributed by atoms with Gasteiger partial charge in [-0.3, -0.25) is 28.4 Å². The van der Waals surface area contributed by atoms with E-state index in [9.17, 15) is 14.4 Å². The van der Waals surface area contributed by atoms with Gasteiger partial charge < -0.3 is 66.5 Å². The van der Waals surface area contributed by atoms with Crippen molar-refractivity contribution in [2.45, 2.75) is 186 Å². The Hall–Kier alpha value is -10.9. The number of primary amides is 3. The molecule has 12 aromatic rings. The van der Waals surface area contributed by atoms with Crippen molar-refractivity contribution >= 4 is 104 Å². The molecule has 0 spiro atoms. The number of carbonyl (C=O) groups is 3. The van der Waals surface area contributed by atoms with Gasteiger partial charge in [0.2, 0.25) is 35.6 Å². The Morgan fingerprint density at radius 2 is 0.856 bits per heavy atom. The molecular formula is C79H97BIN27O10. The van der Waals surface area contributed by atoms with Crippen LogP contribution in [-0.2, 0) is 62.3 Å². The lowest BCUT2D eigenvalue weighted by atomic mass is 9.82. The summed E-state index contributed by atoms with van der Waals surface area (Å²) < 4.78 is 46.5. The van der Waals surface area contributed by atoms with Gasteiger partial charge in [-0.15, -0.1) is 15.3 Å². The Labute approximate surface area is 693 Å². The zero-order chi connectivity index (χ0) is 81.9. The van der Waals surface area contributed by atoms with Gasteiger partial charge in [-0.25, -0.2) is 15.0 Å². The molecule has 3 amide bonds. The summed E-state index contributed by atoms with van der Waals surface area (Å²) in [4.78, 5) is 61.1. The van der Waals surface area contributed by atoms with E-state index in [2.05, 4.69) is 142 Å². The van der Waals surface area contributed by atoms with Gasteiger partial charge in [-0.05, 0) is 206 Å². The number of anilines is 3. The van der Waals surface area contributed by atoms with Gasteiger partial charge >= 0.3 is 7.12 Å². The number of hydrogen-bond acceptors (Lipinski definition) is 28. The molecule has 6 fully saturated rings. The molecule has 6 aliphatic rings. The average molecular weight is 1720 g/mol. The smallest absolute Gasteiger partial charge is 0.399 e. The van der Waals surface area contributed by atoms with Crippen molar-refractivity contribution in [2.75, 3.05) is 49.0 Å². The fraction of sp³-hybridized carbons (Fsp3) is 0.468. The highest BCUT2D eigenvalue weighted by Crippen LogP contribution is 2.37. The zero-order valence-electron chi connectivity index (χ0n) is 66.2. The highest BCUT2D eigenvalue weighted by Gasteiger charge is 2.52. The van der Waals surface area contributed by atoms with E-state index in [1.54, 1.807) is 49.7 Å². The number of aromatic nitrogens is 21. The number of benzene rings is 3. The number of nitrogens with two attached hydrogens (primary N) is 3. The minimum atomic E-state index is -0.364. The Morgan fingerprint density at radius 1 is 0.483 bits per heavy atom. The van der Waals surface area contributed by atoms with E-state index in [1.165, 1.54) is 6.42 Å². The Morgan fingerprint density at radius 3 is 1.22 bits per heavy atom. The normalized spacial score (nSPS) is 21.4. The summed E-state index contributed by atoms with van der Waals surface area (Å²) in [7, 11) is -0.364. The summed E-state index contributed by atoms with van der Waals surface area (Å²) in [6, 6.07) is 24.2. The third kappa shape index (κ3) is 20.2. The number of rotatable bonds is 25. The minimum Gasteiger partial charge on any atom is -0.399 e. The predicted molar refractivity (Wildman–Crippen MR) is 444 cm³/mol. The van der Waals surface area contributed by atoms with Crippen molar-refractivity contribution in [1.29, 1.82) is 0 Å². The average Bonchev–Trinajstić information content (AvgIpc) is 1.62. The summed E-state index contributed by atoms with van der Waals surface area (Å²) >= 11 is 2.26. The maximum atomic E-state index is 11.5. The first-order valence-corrected chi connectivity index (χ1v) is 41.2. The van der Waals surface area contributed by atoms with Gasteiger partial charge in [0.15, 0.2) is 46.1 Å². The van der Waals surface area contributed by atoms with Crippen LogP contribution in [0.1, 0.15) is 124 Å². The summed E-state index contributed by atoms with van der Waals surface area (Å²) in [5.74, 6) is 0.470. The molecule has 0 radical (unpaired) electrons. The second-order valence-electron chi connectivity index (χ2n) is 31.2. The predicted octanol–water partition coefficient (Wildman–Crippen LogP) is 7.42. The van der Waals surface area contributed by atoms with Crippen molar-refractivity contribution < 1.29 is 47.7 Å². The minimum absolute atomic E-state index is 0.0462. The van der Waals surface area contributed by atoms with Crippen molar-refractivity contribution in [1.82, 2.24) is 104 Å². The van der Waals surface area contributed by atoms with Crippen LogP contribution < -0.4 is 38.6 Å². The van der Waals surface area contributed by atoms with Crippen LogP contribution in [0, 0.1) is 21.3 Å². The van der Waals surface area contributed by atoms with E-state index in [0.29, 0.717) is 103 Å². The van der Waals surface area contributed by atoms with Crippen molar-refractivity contribution in [3.63, 3.8) is 0 Å².